The molecule has 1 aromatic heterocycles. The van der Waals surface area contributed by atoms with Gasteiger partial charge in [-0.05, 0) is 31.0 Å². The van der Waals surface area contributed by atoms with Crippen LogP contribution >= 0.6 is 0 Å². The quantitative estimate of drug-likeness (QED) is 0.674. The van der Waals surface area contributed by atoms with Crippen LogP contribution in [0.25, 0.3) is 10.9 Å². The molecule has 2 N–H and O–H groups in total. The van der Waals surface area contributed by atoms with Gasteiger partial charge in [0, 0.05) is 28.4 Å². The maximum Gasteiger partial charge on any atom is 0.192 e. The lowest BCUT2D eigenvalue weighted by atomic mass is 10.0. The van der Waals surface area contributed by atoms with Crippen LogP contribution in [0.3, 0.4) is 0 Å². The number of aromatic amines is 1. The van der Waals surface area contributed by atoms with Crippen LogP contribution in [0.5, 0.6) is 0 Å². The summed E-state index contributed by atoms with van der Waals surface area (Å²) < 4.78 is 13.0. The van der Waals surface area contributed by atoms with Gasteiger partial charge in [0.2, 0.25) is 0 Å². The third-order valence-corrected chi connectivity index (χ3v) is 2.77. The molecule has 0 amide bonds. The molecule has 1 aliphatic rings. The van der Waals surface area contributed by atoms with Gasteiger partial charge in [-0.3, -0.25) is 0 Å². The number of nitrogens with one attached hydrogen (secondary N) is 2. The van der Waals surface area contributed by atoms with Crippen molar-refractivity contribution in [1.29, 1.82) is 0 Å². The predicted octanol–water partition coefficient (Wildman–Crippen LogP) is 3.18. The Morgan fingerprint density at radius 3 is 3.00 bits per heavy atom. The van der Waals surface area contributed by atoms with Gasteiger partial charge >= 0.3 is 0 Å². The van der Waals surface area contributed by atoms with Gasteiger partial charge in [-0.1, -0.05) is 6.08 Å². The molecular formula is C12H11FN2. The van der Waals surface area contributed by atoms with Crippen molar-refractivity contribution in [3.05, 3.63) is 41.5 Å². The number of rotatable bonds is 0. The minimum Gasteiger partial charge on any atom is -0.359 e. The summed E-state index contributed by atoms with van der Waals surface area (Å²) in [6.07, 6.45) is 3.04. The fourth-order valence-corrected chi connectivity index (χ4v) is 2.00. The zero-order valence-corrected chi connectivity index (χ0v) is 8.39. The van der Waals surface area contributed by atoms with E-state index in [9.17, 15) is 4.39 Å². The van der Waals surface area contributed by atoms with Crippen molar-refractivity contribution >= 4 is 16.6 Å². The second-order valence-corrected chi connectivity index (χ2v) is 3.93. The Morgan fingerprint density at radius 2 is 2.13 bits per heavy atom. The summed E-state index contributed by atoms with van der Waals surface area (Å²) in [5.41, 5.74) is 4.30. The van der Waals surface area contributed by atoms with Gasteiger partial charge in [0.15, 0.2) is 5.95 Å². The van der Waals surface area contributed by atoms with Crippen molar-refractivity contribution in [2.75, 3.05) is 5.32 Å². The van der Waals surface area contributed by atoms with Gasteiger partial charge in [0.05, 0.1) is 0 Å². The first-order valence-electron chi connectivity index (χ1n) is 4.97. The highest BCUT2D eigenvalue weighted by Gasteiger charge is 2.10. The summed E-state index contributed by atoms with van der Waals surface area (Å²) >= 11 is 0. The average Bonchev–Trinajstić information content (AvgIpc) is 2.53. The van der Waals surface area contributed by atoms with E-state index in [0.29, 0.717) is 0 Å². The normalized spacial score (nSPS) is 14.7. The Labute approximate surface area is 86.8 Å². The molecule has 0 radical (unpaired) electrons. The lowest BCUT2D eigenvalue weighted by Gasteiger charge is -2.16. The van der Waals surface area contributed by atoms with Crippen molar-refractivity contribution in [3.8, 4) is 0 Å². The highest BCUT2D eigenvalue weighted by atomic mass is 19.1. The Bertz CT molecular complexity index is 566. The number of allylic oxidation sites excluding steroid dienone is 2. The van der Waals surface area contributed by atoms with E-state index in [1.807, 2.05) is 19.1 Å². The summed E-state index contributed by atoms with van der Waals surface area (Å²) in [4.78, 5) is 2.70. The van der Waals surface area contributed by atoms with Crippen LogP contribution in [0.1, 0.15) is 12.5 Å². The molecule has 0 fully saturated rings. The molecule has 0 bridgehead atoms. The Morgan fingerprint density at radius 1 is 1.27 bits per heavy atom. The number of aromatic nitrogens is 1. The molecule has 2 nitrogen and oxygen atoms in total. The third kappa shape index (κ3) is 1.31. The first-order chi connectivity index (χ1) is 7.22. The minimum absolute atomic E-state index is 0.281. The third-order valence-electron chi connectivity index (χ3n) is 2.77. The van der Waals surface area contributed by atoms with Gasteiger partial charge in [0.25, 0.3) is 0 Å². The summed E-state index contributed by atoms with van der Waals surface area (Å²) in [7, 11) is 0. The number of hydrogen-bond donors (Lipinski definition) is 2. The van der Waals surface area contributed by atoms with E-state index in [1.54, 1.807) is 0 Å². The fraction of sp³-hybridized carbons (Fsp3) is 0.167. The molecule has 0 atom stereocenters. The van der Waals surface area contributed by atoms with Crippen LogP contribution in [0, 0.1) is 5.95 Å². The van der Waals surface area contributed by atoms with E-state index >= 15 is 0 Å². The maximum atomic E-state index is 13.0. The lowest BCUT2D eigenvalue weighted by Crippen LogP contribution is -2.05. The van der Waals surface area contributed by atoms with Crippen LogP contribution in [-0.4, -0.2) is 4.98 Å². The second kappa shape index (κ2) is 2.86. The molecule has 1 aromatic carbocycles. The Balaban J connectivity index is 2.22. The van der Waals surface area contributed by atoms with Crippen molar-refractivity contribution in [1.82, 2.24) is 4.98 Å². The first kappa shape index (κ1) is 8.53. The smallest absolute Gasteiger partial charge is 0.192 e. The zero-order chi connectivity index (χ0) is 10.4. The van der Waals surface area contributed by atoms with Crippen molar-refractivity contribution < 1.29 is 4.39 Å². The highest BCUT2D eigenvalue weighted by Crippen LogP contribution is 2.28. The molecule has 76 valence electrons. The summed E-state index contributed by atoms with van der Waals surface area (Å²) in [6, 6.07) is 5.51. The second-order valence-electron chi connectivity index (χ2n) is 3.93. The maximum absolute atomic E-state index is 13.0. The van der Waals surface area contributed by atoms with Crippen molar-refractivity contribution in [2.45, 2.75) is 13.3 Å². The minimum atomic E-state index is -0.281. The van der Waals surface area contributed by atoms with Gasteiger partial charge < -0.3 is 10.3 Å². The summed E-state index contributed by atoms with van der Waals surface area (Å²) in [6.45, 7) is 2.03. The molecule has 0 aliphatic carbocycles. The monoisotopic (exact) mass is 202 g/mol. The van der Waals surface area contributed by atoms with Crippen LogP contribution in [0.2, 0.25) is 0 Å². The van der Waals surface area contributed by atoms with Crippen LogP contribution in [-0.2, 0) is 6.42 Å². The molecule has 0 spiro atoms. The Kier molecular flexibility index (Phi) is 1.63. The van der Waals surface area contributed by atoms with E-state index in [2.05, 4.69) is 16.4 Å². The van der Waals surface area contributed by atoms with E-state index in [-0.39, 0.29) is 5.95 Å². The van der Waals surface area contributed by atoms with Gasteiger partial charge in [-0.2, -0.15) is 4.39 Å². The standard InChI is InChI=1S/C12H11FN2/c1-7-2-3-8-4-11-9(5-10(8)14-7)6-12(13)15-11/h2,4-6,14-15H,3H2,1H3. The van der Waals surface area contributed by atoms with Crippen LogP contribution < -0.4 is 5.32 Å². The van der Waals surface area contributed by atoms with Gasteiger partial charge in [-0.15, -0.1) is 0 Å². The number of hydrogen-bond acceptors (Lipinski definition) is 1. The SMILES string of the molecule is CC1=CCc2cc3[nH]c(F)cc3cc2N1. The molecule has 0 unspecified atom stereocenters. The molecule has 1 aliphatic heterocycles. The van der Waals surface area contributed by atoms with Gasteiger partial charge in [0.1, 0.15) is 0 Å². The molecule has 0 saturated heterocycles. The Hall–Kier alpha value is -1.77. The first-order valence-corrected chi connectivity index (χ1v) is 4.97. The fourth-order valence-electron chi connectivity index (χ4n) is 2.00. The molecule has 2 aromatic rings. The van der Waals surface area contributed by atoms with E-state index in [0.717, 1.165) is 28.7 Å². The summed E-state index contributed by atoms with van der Waals surface area (Å²) in [5, 5.41) is 4.20. The van der Waals surface area contributed by atoms with Gasteiger partial charge in [-0.25, -0.2) is 0 Å². The largest absolute Gasteiger partial charge is 0.359 e. The van der Waals surface area contributed by atoms with Crippen molar-refractivity contribution in [2.24, 2.45) is 0 Å². The molecule has 15 heavy (non-hydrogen) atoms. The number of benzene rings is 1. The van der Waals surface area contributed by atoms with Crippen molar-refractivity contribution in [3.63, 3.8) is 0 Å². The van der Waals surface area contributed by atoms with E-state index in [4.69, 9.17) is 0 Å². The topological polar surface area (TPSA) is 27.8 Å². The summed E-state index contributed by atoms with van der Waals surface area (Å²) in [5.74, 6) is -0.281. The van der Waals surface area contributed by atoms with Crippen LogP contribution in [0.15, 0.2) is 30.0 Å². The van der Waals surface area contributed by atoms with Crippen LogP contribution in [0.4, 0.5) is 10.1 Å². The molecule has 2 heterocycles. The molecular weight excluding hydrogens is 191 g/mol. The molecule has 3 heteroatoms. The van der Waals surface area contributed by atoms with E-state index < -0.39 is 0 Å². The number of anilines is 1. The predicted molar refractivity (Wildman–Crippen MR) is 59.3 cm³/mol. The van der Waals surface area contributed by atoms with E-state index in [1.165, 1.54) is 11.6 Å². The molecule has 0 saturated carbocycles. The highest BCUT2D eigenvalue weighted by molar-refractivity contribution is 5.85. The zero-order valence-electron chi connectivity index (χ0n) is 8.39. The number of halogens is 1. The average molecular weight is 202 g/mol. The molecule has 3 rings (SSSR count). The lowest BCUT2D eigenvalue weighted by molar-refractivity contribution is 0.595. The number of fused-ring (bicyclic) bond motifs is 2. The number of H-pyrrole nitrogens is 1.